The number of fused-ring (bicyclic) bond motifs is 6. The van der Waals surface area contributed by atoms with Crippen molar-refractivity contribution in [3.05, 3.63) is 96.0 Å². The summed E-state index contributed by atoms with van der Waals surface area (Å²) in [6.45, 7) is 0. The van der Waals surface area contributed by atoms with E-state index in [0.29, 0.717) is 0 Å². The zero-order valence-electron chi connectivity index (χ0n) is 14.9. The van der Waals surface area contributed by atoms with E-state index in [9.17, 15) is 0 Å². The lowest BCUT2D eigenvalue weighted by molar-refractivity contribution is 1.73. The van der Waals surface area contributed by atoms with Crippen LogP contribution in [0.2, 0.25) is 5.02 Å². The van der Waals surface area contributed by atoms with E-state index in [4.69, 9.17) is 11.6 Å². The van der Waals surface area contributed by atoms with Crippen LogP contribution in [-0.2, 0) is 0 Å². The molecule has 0 aliphatic rings. The fourth-order valence-corrected chi connectivity index (χ4v) is 5.85. The van der Waals surface area contributed by atoms with E-state index < -0.39 is 0 Å². The number of hydrogen-bond acceptors (Lipinski definition) is 1. The van der Waals surface area contributed by atoms with Crippen molar-refractivity contribution in [2.24, 2.45) is 0 Å². The van der Waals surface area contributed by atoms with Gasteiger partial charge < -0.3 is 0 Å². The standard InChI is InChI=1S/C26H15ClS/c27-23-14-13-20(26-25(23)21-11-5-6-12-24(21)28-26)22-15-16-7-1-2-8-17(16)18-9-3-4-10-19(18)22/h1-15H. The van der Waals surface area contributed by atoms with Crippen LogP contribution in [0.15, 0.2) is 91.0 Å². The van der Waals surface area contributed by atoms with Crippen LogP contribution in [0, 0.1) is 0 Å². The van der Waals surface area contributed by atoms with Crippen molar-refractivity contribution in [2.75, 3.05) is 0 Å². The van der Waals surface area contributed by atoms with Crippen LogP contribution in [0.1, 0.15) is 0 Å². The summed E-state index contributed by atoms with van der Waals surface area (Å²) < 4.78 is 2.53. The summed E-state index contributed by atoms with van der Waals surface area (Å²) in [4.78, 5) is 0. The summed E-state index contributed by atoms with van der Waals surface area (Å²) in [5.74, 6) is 0. The van der Waals surface area contributed by atoms with Crippen molar-refractivity contribution in [1.29, 1.82) is 0 Å². The van der Waals surface area contributed by atoms with Crippen molar-refractivity contribution in [2.45, 2.75) is 0 Å². The average Bonchev–Trinajstić information content (AvgIpc) is 3.14. The summed E-state index contributed by atoms with van der Waals surface area (Å²) in [5, 5.41) is 8.35. The van der Waals surface area contributed by atoms with Gasteiger partial charge in [-0.3, -0.25) is 0 Å². The first kappa shape index (κ1) is 16.1. The molecular formula is C26H15ClS. The third kappa shape index (κ3) is 2.24. The number of benzene rings is 5. The summed E-state index contributed by atoms with van der Waals surface area (Å²) in [7, 11) is 0. The van der Waals surface area contributed by atoms with Gasteiger partial charge in [-0.15, -0.1) is 11.3 Å². The lowest BCUT2D eigenvalue weighted by Crippen LogP contribution is -1.85. The molecule has 0 fully saturated rings. The number of rotatable bonds is 1. The van der Waals surface area contributed by atoms with Gasteiger partial charge in [-0.2, -0.15) is 0 Å². The second kappa shape index (κ2) is 6.07. The highest BCUT2D eigenvalue weighted by Gasteiger charge is 2.16. The van der Waals surface area contributed by atoms with E-state index in [2.05, 4.69) is 84.9 Å². The highest BCUT2D eigenvalue weighted by atomic mass is 35.5. The van der Waals surface area contributed by atoms with Gasteiger partial charge in [-0.25, -0.2) is 0 Å². The Morgan fingerprint density at radius 2 is 1.25 bits per heavy atom. The molecule has 0 spiro atoms. The Morgan fingerprint density at radius 1 is 0.571 bits per heavy atom. The molecule has 0 aliphatic heterocycles. The lowest BCUT2D eigenvalue weighted by atomic mass is 9.92. The van der Waals surface area contributed by atoms with Gasteiger partial charge in [0.15, 0.2) is 0 Å². The SMILES string of the molecule is Clc1ccc(-c2cc3ccccc3c3ccccc23)c2sc3ccccc3c12. The molecule has 2 heteroatoms. The molecule has 0 nitrogen and oxygen atoms in total. The predicted octanol–water partition coefficient (Wildman–Crippen LogP) is 8.68. The van der Waals surface area contributed by atoms with Gasteiger partial charge in [-0.1, -0.05) is 84.4 Å². The zero-order chi connectivity index (χ0) is 18.7. The van der Waals surface area contributed by atoms with Crippen molar-refractivity contribution in [3.8, 4) is 11.1 Å². The molecule has 0 N–H and O–H groups in total. The lowest BCUT2D eigenvalue weighted by Gasteiger charge is -2.12. The van der Waals surface area contributed by atoms with Crippen LogP contribution in [0.4, 0.5) is 0 Å². The molecule has 0 saturated carbocycles. The minimum atomic E-state index is 0.821. The molecule has 5 aromatic carbocycles. The first-order valence-electron chi connectivity index (χ1n) is 9.32. The summed E-state index contributed by atoms with van der Waals surface area (Å²) in [6.07, 6.45) is 0. The Kier molecular flexibility index (Phi) is 3.49. The first-order valence-corrected chi connectivity index (χ1v) is 10.5. The maximum Gasteiger partial charge on any atom is 0.0499 e. The molecule has 0 bridgehead atoms. The molecule has 6 rings (SSSR count). The molecule has 1 aromatic heterocycles. The summed E-state index contributed by atoms with van der Waals surface area (Å²) >= 11 is 8.48. The Balaban J connectivity index is 1.81. The minimum Gasteiger partial charge on any atom is -0.134 e. The molecule has 0 atom stereocenters. The largest absolute Gasteiger partial charge is 0.134 e. The molecule has 0 unspecified atom stereocenters. The van der Waals surface area contributed by atoms with Crippen LogP contribution in [0.25, 0.3) is 52.8 Å². The fraction of sp³-hybridized carbons (Fsp3) is 0. The van der Waals surface area contributed by atoms with Gasteiger partial charge in [0.2, 0.25) is 0 Å². The molecule has 0 aliphatic carbocycles. The van der Waals surface area contributed by atoms with Gasteiger partial charge in [0.05, 0.1) is 0 Å². The topological polar surface area (TPSA) is 0 Å². The highest BCUT2D eigenvalue weighted by Crippen LogP contribution is 2.45. The van der Waals surface area contributed by atoms with Crippen molar-refractivity contribution < 1.29 is 0 Å². The summed E-state index contributed by atoms with van der Waals surface area (Å²) in [5.41, 5.74) is 2.52. The van der Waals surface area contributed by atoms with Gasteiger partial charge >= 0.3 is 0 Å². The van der Waals surface area contributed by atoms with Crippen molar-refractivity contribution in [1.82, 2.24) is 0 Å². The first-order chi connectivity index (χ1) is 13.8. The van der Waals surface area contributed by atoms with Crippen LogP contribution < -0.4 is 0 Å². The highest BCUT2D eigenvalue weighted by molar-refractivity contribution is 7.26. The maximum absolute atomic E-state index is 6.66. The molecule has 132 valence electrons. The van der Waals surface area contributed by atoms with Gasteiger partial charge in [0, 0.05) is 30.8 Å². The molecule has 0 amide bonds. The number of thiophene rings is 1. The molecule has 0 radical (unpaired) electrons. The van der Waals surface area contributed by atoms with Gasteiger partial charge in [-0.05, 0) is 45.3 Å². The minimum absolute atomic E-state index is 0.821. The van der Waals surface area contributed by atoms with Crippen LogP contribution >= 0.6 is 22.9 Å². The Morgan fingerprint density at radius 3 is 2.11 bits per heavy atom. The maximum atomic E-state index is 6.66. The zero-order valence-corrected chi connectivity index (χ0v) is 16.5. The third-order valence-corrected chi connectivity index (χ3v) is 7.05. The van der Waals surface area contributed by atoms with E-state index >= 15 is 0 Å². The second-order valence-corrected chi connectivity index (χ2v) is 8.55. The van der Waals surface area contributed by atoms with Gasteiger partial charge in [0.25, 0.3) is 0 Å². The summed E-state index contributed by atoms with van der Waals surface area (Å²) in [6, 6.07) is 32.4. The molecule has 6 aromatic rings. The van der Waals surface area contributed by atoms with Crippen molar-refractivity contribution in [3.63, 3.8) is 0 Å². The normalized spacial score (nSPS) is 11.8. The fourth-order valence-electron chi connectivity index (χ4n) is 4.28. The quantitative estimate of drug-likeness (QED) is 0.245. The monoisotopic (exact) mass is 394 g/mol. The Labute approximate surface area is 171 Å². The van der Waals surface area contributed by atoms with E-state index in [1.807, 2.05) is 17.4 Å². The predicted molar refractivity (Wildman–Crippen MR) is 125 cm³/mol. The van der Waals surface area contributed by atoms with Crippen LogP contribution in [0.3, 0.4) is 0 Å². The van der Waals surface area contributed by atoms with Crippen LogP contribution in [-0.4, -0.2) is 0 Å². The number of hydrogen-bond donors (Lipinski definition) is 0. The van der Waals surface area contributed by atoms with E-state index in [0.717, 1.165) is 10.4 Å². The van der Waals surface area contributed by atoms with E-state index in [1.165, 1.54) is 47.5 Å². The third-order valence-electron chi connectivity index (χ3n) is 5.53. The van der Waals surface area contributed by atoms with E-state index in [-0.39, 0.29) is 0 Å². The molecular weight excluding hydrogens is 380 g/mol. The average molecular weight is 395 g/mol. The Bertz CT molecular complexity index is 1520. The van der Waals surface area contributed by atoms with Crippen molar-refractivity contribution >= 4 is 64.7 Å². The van der Waals surface area contributed by atoms with Gasteiger partial charge in [0.1, 0.15) is 0 Å². The molecule has 0 saturated heterocycles. The molecule has 1 heterocycles. The van der Waals surface area contributed by atoms with Crippen LogP contribution in [0.5, 0.6) is 0 Å². The van der Waals surface area contributed by atoms with E-state index in [1.54, 1.807) is 0 Å². The Hall–Kier alpha value is -2.87. The smallest absolute Gasteiger partial charge is 0.0499 e. The molecule has 28 heavy (non-hydrogen) atoms. The second-order valence-electron chi connectivity index (χ2n) is 7.09. The number of halogens is 1.